The first-order chi connectivity index (χ1) is 17.4. The van der Waals surface area contributed by atoms with Crippen LogP contribution in [0.25, 0.3) is 16.7 Å². The maximum atomic E-state index is 13.4. The fraction of sp³-hybridized carbons (Fsp3) is 0.143. The van der Waals surface area contributed by atoms with Gasteiger partial charge in [-0.3, -0.25) is 9.59 Å². The minimum Gasteiger partial charge on any atom is -0.507 e. The van der Waals surface area contributed by atoms with E-state index in [1.54, 1.807) is 30.5 Å². The lowest BCUT2D eigenvalue weighted by Crippen LogP contribution is -2.31. The van der Waals surface area contributed by atoms with E-state index in [4.69, 9.17) is 16.3 Å². The minimum absolute atomic E-state index is 0.0565. The molecule has 6 nitrogen and oxygen atoms in total. The molecular weight excluding hydrogens is 483 g/mol. The number of aromatic nitrogens is 1. The van der Waals surface area contributed by atoms with Gasteiger partial charge in [0.1, 0.15) is 17.3 Å². The summed E-state index contributed by atoms with van der Waals surface area (Å²) in [5, 5.41) is 12.4. The summed E-state index contributed by atoms with van der Waals surface area (Å²) in [4.78, 5) is 31.3. The smallest absolute Gasteiger partial charge is 0.295 e. The molecule has 3 aromatic carbocycles. The standard InChI is InChI=1S/C28H22ClFN2O4/c1-36-18-10-11-22(29)20(14-18)26(33)24-25(21-15-31-23-5-3-2-4-19(21)23)32(28(35)27(24)34)13-12-16-6-8-17(30)9-7-16/h2-11,14-15,25,31,33H,12-13H2,1H3/b26-24+. The fourth-order valence-electron chi connectivity index (χ4n) is 4.61. The molecule has 2 N–H and O–H groups in total. The molecule has 36 heavy (non-hydrogen) atoms. The number of methoxy groups -OCH3 is 1. The zero-order chi connectivity index (χ0) is 25.4. The quantitative estimate of drug-likeness (QED) is 0.202. The van der Waals surface area contributed by atoms with Crippen molar-refractivity contribution in [2.45, 2.75) is 12.5 Å². The summed E-state index contributed by atoms with van der Waals surface area (Å²) in [6, 6.07) is 17.4. The van der Waals surface area contributed by atoms with E-state index in [0.29, 0.717) is 17.7 Å². The summed E-state index contributed by atoms with van der Waals surface area (Å²) >= 11 is 6.37. The first kappa shape index (κ1) is 23.6. The number of likely N-dealkylation sites (tertiary alicyclic amines) is 1. The molecule has 0 bridgehead atoms. The molecule has 0 saturated carbocycles. The molecule has 0 aliphatic carbocycles. The fourth-order valence-corrected chi connectivity index (χ4v) is 4.82. The number of H-pyrrole nitrogens is 1. The van der Waals surface area contributed by atoms with E-state index >= 15 is 0 Å². The van der Waals surface area contributed by atoms with Crippen LogP contribution in [0.4, 0.5) is 4.39 Å². The number of para-hydroxylation sites is 1. The molecular formula is C28H22ClFN2O4. The highest BCUT2D eigenvalue weighted by molar-refractivity contribution is 6.47. The summed E-state index contributed by atoms with van der Waals surface area (Å²) in [5.41, 5.74) is 2.45. The molecule has 2 heterocycles. The number of fused-ring (bicyclic) bond motifs is 1. The second-order valence-corrected chi connectivity index (χ2v) is 8.91. The van der Waals surface area contributed by atoms with Crippen LogP contribution in [0.3, 0.4) is 0 Å². The average Bonchev–Trinajstić information content (AvgIpc) is 3.42. The van der Waals surface area contributed by atoms with Gasteiger partial charge in [0.2, 0.25) is 0 Å². The predicted octanol–water partition coefficient (Wildman–Crippen LogP) is 5.63. The lowest BCUT2D eigenvalue weighted by atomic mass is 9.94. The second-order valence-electron chi connectivity index (χ2n) is 8.50. The molecule has 5 rings (SSSR count). The van der Waals surface area contributed by atoms with E-state index in [-0.39, 0.29) is 34.3 Å². The van der Waals surface area contributed by atoms with E-state index < -0.39 is 17.7 Å². The Morgan fingerprint density at radius 3 is 2.61 bits per heavy atom. The average molecular weight is 505 g/mol. The SMILES string of the molecule is COc1ccc(Cl)c(/C(O)=C2\C(=O)C(=O)N(CCc3ccc(F)cc3)C2c2c[nH]c3ccccc23)c1. The van der Waals surface area contributed by atoms with Gasteiger partial charge in [-0.1, -0.05) is 41.9 Å². The molecule has 1 unspecified atom stereocenters. The number of carbonyl (C=O) groups is 2. The van der Waals surface area contributed by atoms with Gasteiger partial charge in [-0.2, -0.15) is 0 Å². The van der Waals surface area contributed by atoms with Crippen molar-refractivity contribution in [3.05, 3.63) is 106 Å². The van der Waals surface area contributed by atoms with Crippen molar-refractivity contribution in [2.75, 3.05) is 13.7 Å². The normalized spacial score (nSPS) is 17.2. The van der Waals surface area contributed by atoms with Crippen molar-refractivity contribution < 1.29 is 23.8 Å². The zero-order valence-electron chi connectivity index (χ0n) is 19.3. The van der Waals surface area contributed by atoms with Gasteiger partial charge in [0.15, 0.2) is 0 Å². The van der Waals surface area contributed by atoms with Crippen LogP contribution < -0.4 is 4.74 Å². The minimum atomic E-state index is -0.858. The Morgan fingerprint density at radius 2 is 1.86 bits per heavy atom. The lowest BCUT2D eigenvalue weighted by Gasteiger charge is -2.25. The molecule has 182 valence electrons. The van der Waals surface area contributed by atoms with Gasteiger partial charge in [-0.05, 0) is 48.4 Å². The molecule has 1 atom stereocenters. The number of hydrogen-bond acceptors (Lipinski definition) is 4. The van der Waals surface area contributed by atoms with Gasteiger partial charge in [0.05, 0.1) is 23.7 Å². The predicted molar refractivity (Wildman–Crippen MR) is 135 cm³/mol. The molecule has 1 amide bonds. The number of ketones is 1. The van der Waals surface area contributed by atoms with Gasteiger partial charge in [-0.25, -0.2) is 4.39 Å². The highest BCUT2D eigenvalue weighted by Gasteiger charge is 2.46. The van der Waals surface area contributed by atoms with E-state index in [1.165, 1.54) is 30.2 Å². The highest BCUT2D eigenvalue weighted by atomic mass is 35.5. The van der Waals surface area contributed by atoms with E-state index in [0.717, 1.165) is 16.5 Å². The molecule has 1 saturated heterocycles. The number of Topliss-reactive ketones (excluding diaryl/α,β-unsaturated/α-hetero) is 1. The van der Waals surface area contributed by atoms with Crippen molar-refractivity contribution in [1.29, 1.82) is 0 Å². The topological polar surface area (TPSA) is 82.6 Å². The van der Waals surface area contributed by atoms with Crippen molar-refractivity contribution in [2.24, 2.45) is 0 Å². The first-order valence-corrected chi connectivity index (χ1v) is 11.7. The van der Waals surface area contributed by atoms with Crippen LogP contribution in [0, 0.1) is 5.82 Å². The Labute approximate surface area is 211 Å². The van der Waals surface area contributed by atoms with E-state index in [2.05, 4.69) is 4.98 Å². The maximum absolute atomic E-state index is 13.4. The summed E-state index contributed by atoms with van der Waals surface area (Å²) in [5.74, 6) is -1.83. The Kier molecular flexibility index (Phi) is 6.24. The van der Waals surface area contributed by atoms with Crippen LogP contribution in [0.5, 0.6) is 5.75 Å². The number of carbonyl (C=O) groups excluding carboxylic acids is 2. The Morgan fingerprint density at radius 1 is 1.11 bits per heavy atom. The third kappa shape index (κ3) is 4.12. The number of rotatable bonds is 6. The zero-order valence-corrected chi connectivity index (χ0v) is 20.1. The van der Waals surface area contributed by atoms with Gasteiger partial charge in [0.25, 0.3) is 11.7 Å². The van der Waals surface area contributed by atoms with Gasteiger partial charge in [-0.15, -0.1) is 0 Å². The number of aromatic amines is 1. The van der Waals surface area contributed by atoms with E-state index in [9.17, 15) is 19.1 Å². The lowest BCUT2D eigenvalue weighted by molar-refractivity contribution is -0.139. The number of hydrogen-bond donors (Lipinski definition) is 2. The molecule has 0 radical (unpaired) electrons. The number of aliphatic hydroxyl groups excluding tert-OH is 1. The third-order valence-electron chi connectivity index (χ3n) is 6.44. The first-order valence-electron chi connectivity index (χ1n) is 11.3. The number of benzene rings is 3. The van der Waals surface area contributed by atoms with E-state index in [1.807, 2.05) is 24.3 Å². The summed E-state index contributed by atoms with van der Waals surface area (Å²) < 4.78 is 18.6. The van der Waals surface area contributed by atoms with Crippen molar-refractivity contribution in [3.8, 4) is 5.75 Å². The molecule has 4 aromatic rings. The monoisotopic (exact) mass is 504 g/mol. The Hall–Kier alpha value is -4.10. The summed E-state index contributed by atoms with van der Waals surface area (Å²) in [6.45, 7) is 0.184. The molecule has 1 aromatic heterocycles. The Bertz CT molecular complexity index is 1510. The summed E-state index contributed by atoms with van der Waals surface area (Å²) in [6.07, 6.45) is 2.14. The molecule has 1 fully saturated rings. The van der Waals surface area contributed by atoms with Crippen LogP contribution in [0.2, 0.25) is 5.02 Å². The van der Waals surface area contributed by atoms with Crippen LogP contribution in [0.1, 0.15) is 22.7 Å². The van der Waals surface area contributed by atoms with Gasteiger partial charge < -0.3 is 19.7 Å². The third-order valence-corrected chi connectivity index (χ3v) is 6.77. The highest BCUT2D eigenvalue weighted by Crippen LogP contribution is 2.43. The number of amides is 1. The van der Waals surface area contributed by atoms with Crippen molar-refractivity contribution in [1.82, 2.24) is 9.88 Å². The van der Waals surface area contributed by atoms with Gasteiger partial charge >= 0.3 is 0 Å². The van der Waals surface area contributed by atoms with Crippen LogP contribution in [-0.4, -0.2) is 40.3 Å². The molecule has 0 spiro atoms. The van der Waals surface area contributed by atoms with Crippen LogP contribution in [-0.2, 0) is 16.0 Å². The largest absolute Gasteiger partial charge is 0.507 e. The maximum Gasteiger partial charge on any atom is 0.295 e. The van der Waals surface area contributed by atoms with Crippen molar-refractivity contribution in [3.63, 3.8) is 0 Å². The number of halogens is 2. The number of nitrogens with one attached hydrogen (secondary N) is 1. The van der Waals surface area contributed by atoms with Crippen LogP contribution in [0.15, 0.2) is 78.5 Å². The second kappa shape index (κ2) is 9.51. The molecule has 1 aliphatic rings. The van der Waals surface area contributed by atoms with Gasteiger partial charge in [0, 0.05) is 34.8 Å². The van der Waals surface area contributed by atoms with Crippen molar-refractivity contribution >= 4 is 40.0 Å². The summed E-state index contributed by atoms with van der Waals surface area (Å²) in [7, 11) is 1.48. The number of aliphatic hydroxyl groups is 1. The number of ether oxygens (including phenoxy) is 1. The Balaban J connectivity index is 1.65. The molecule has 8 heteroatoms. The number of nitrogens with zero attached hydrogens (tertiary/aromatic N) is 1. The molecule has 1 aliphatic heterocycles. The van der Waals surface area contributed by atoms with Crippen LogP contribution >= 0.6 is 11.6 Å².